The SMILES string of the molecule is N#CC(ON=CC(F)(F)F)c1ccccc1. The van der Waals surface area contributed by atoms with Crippen molar-refractivity contribution in [3.63, 3.8) is 0 Å². The number of rotatable bonds is 3. The highest BCUT2D eigenvalue weighted by molar-refractivity contribution is 5.63. The van der Waals surface area contributed by atoms with Gasteiger partial charge >= 0.3 is 6.18 Å². The van der Waals surface area contributed by atoms with E-state index in [1.807, 2.05) is 0 Å². The Morgan fingerprint density at radius 2 is 1.94 bits per heavy atom. The quantitative estimate of drug-likeness (QED) is 0.589. The van der Waals surface area contributed by atoms with Gasteiger partial charge in [0.1, 0.15) is 12.3 Å². The van der Waals surface area contributed by atoms with E-state index in [1.165, 1.54) is 0 Å². The first-order valence-electron chi connectivity index (χ1n) is 4.24. The Morgan fingerprint density at radius 1 is 1.31 bits per heavy atom. The van der Waals surface area contributed by atoms with Gasteiger partial charge in [-0.2, -0.15) is 18.4 Å². The van der Waals surface area contributed by atoms with Crippen molar-refractivity contribution in [2.45, 2.75) is 12.3 Å². The monoisotopic (exact) mass is 228 g/mol. The lowest BCUT2D eigenvalue weighted by Crippen LogP contribution is -2.09. The summed E-state index contributed by atoms with van der Waals surface area (Å²) < 4.78 is 35.1. The number of alkyl halides is 3. The molecule has 0 aliphatic heterocycles. The molecule has 0 amide bonds. The molecular weight excluding hydrogens is 221 g/mol. The van der Waals surface area contributed by atoms with Crippen LogP contribution in [0.2, 0.25) is 0 Å². The van der Waals surface area contributed by atoms with Crippen LogP contribution in [0.15, 0.2) is 35.5 Å². The van der Waals surface area contributed by atoms with Gasteiger partial charge in [-0.25, -0.2) is 0 Å². The van der Waals surface area contributed by atoms with Crippen LogP contribution in [0.25, 0.3) is 0 Å². The minimum atomic E-state index is -4.54. The van der Waals surface area contributed by atoms with E-state index in [0.717, 1.165) is 0 Å². The van der Waals surface area contributed by atoms with Crippen molar-refractivity contribution >= 4 is 6.21 Å². The Labute approximate surface area is 89.7 Å². The van der Waals surface area contributed by atoms with E-state index in [2.05, 4.69) is 9.99 Å². The van der Waals surface area contributed by atoms with Gasteiger partial charge in [-0.1, -0.05) is 35.5 Å². The van der Waals surface area contributed by atoms with Crippen LogP contribution in [0.3, 0.4) is 0 Å². The predicted octanol–water partition coefficient (Wildman–Crippen LogP) is 2.82. The third-order valence-corrected chi connectivity index (χ3v) is 1.58. The Kier molecular flexibility index (Phi) is 3.89. The second kappa shape index (κ2) is 5.16. The highest BCUT2D eigenvalue weighted by Crippen LogP contribution is 2.17. The third-order valence-electron chi connectivity index (χ3n) is 1.58. The fourth-order valence-corrected chi connectivity index (χ4v) is 0.938. The van der Waals surface area contributed by atoms with E-state index in [4.69, 9.17) is 5.26 Å². The summed E-state index contributed by atoms with van der Waals surface area (Å²) >= 11 is 0. The van der Waals surface area contributed by atoms with Crippen molar-refractivity contribution in [1.82, 2.24) is 0 Å². The number of nitrogens with zero attached hydrogens (tertiary/aromatic N) is 2. The van der Waals surface area contributed by atoms with Gasteiger partial charge in [0.25, 0.3) is 0 Å². The van der Waals surface area contributed by atoms with Gasteiger partial charge < -0.3 is 4.84 Å². The Balaban J connectivity index is 2.66. The Hall–Kier alpha value is -2.03. The van der Waals surface area contributed by atoms with E-state index >= 15 is 0 Å². The summed E-state index contributed by atoms with van der Waals surface area (Å²) in [5.74, 6) is 0. The molecule has 1 rings (SSSR count). The minimum Gasteiger partial charge on any atom is -0.372 e. The molecule has 0 spiro atoms. The molecule has 0 heterocycles. The molecule has 0 aliphatic rings. The van der Waals surface area contributed by atoms with Crippen LogP contribution in [0.5, 0.6) is 0 Å². The molecular formula is C10H7F3N2O. The molecule has 0 aromatic heterocycles. The van der Waals surface area contributed by atoms with Gasteiger partial charge in [-0.15, -0.1) is 0 Å². The molecule has 0 saturated carbocycles. The first kappa shape index (κ1) is 12.0. The first-order valence-corrected chi connectivity index (χ1v) is 4.24. The summed E-state index contributed by atoms with van der Waals surface area (Å²) in [7, 11) is 0. The van der Waals surface area contributed by atoms with Crippen molar-refractivity contribution < 1.29 is 18.0 Å². The molecule has 1 atom stereocenters. The number of hydrogen-bond acceptors (Lipinski definition) is 3. The maximum Gasteiger partial charge on any atom is 0.429 e. The molecule has 6 heteroatoms. The zero-order valence-electron chi connectivity index (χ0n) is 7.98. The van der Waals surface area contributed by atoms with Crippen molar-refractivity contribution in [3.05, 3.63) is 35.9 Å². The molecule has 0 saturated heterocycles. The molecule has 84 valence electrons. The molecule has 1 aromatic carbocycles. The minimum absolute atomic E-state index is 0.305. The summed E-state index contributed by atoms with van der Waals surface area (Å²) in [5, 5.41) is 11.4. The molecule has 0 fully saturated rings. The summed E-state index contributed by atoms with van der Waals surface area (Å²) in [6.07, 6.45) is -5.99. The summed E-state index contributed by atoms with van der Waals surface area (Å²) in [6.45, 7) is 0. The fraction of sp³-hybridized carbons (Fsp3) is 0.200. The highest BCUT2D eigenvalue weighted by Gasteiger charge is 2.24. The number of hydrogen-bond donors (Lipinski definition) is 0. The first-order chi connectivity index (χ1) is 7.53. The van der Waals surface area contributed by atoms with Gasteiger partial charge in [-0.05, 0) is 0 Å². The number of oxime groups is 1. The lowest BCUT2D eigenvalue weighted by Gasteiger charge is -2.06. The largest absolute Gasteiger partial charge is 0.429 e. The van der Waals surface area contributed by atoms with Crippen molar-refractivity contribution in [2.75, 3.05) is 0 Å². The van der Waals surface area contributed by atoms with E-state index in [0.29, 0.717) is 5.56 Å². The zero-order chi connectivity index (χ0) is 12.0. The average molecular weight is 228 g/mol. The standard InChI is InChI=1S/C10H7F3N2O/c11-10(12,13)7-15-16-9(6-14)8-4-2-1-3-5-8/h1-5,7,9H. The average Bonchev–Trinajstić information content (AvgIpc) is 2.24. The number of halogens is 3. The molecule has 0 N–H and O–H groups in total. The van der Waals surface area contributed by atoms with Gasteiger partial charge in [0.15, 0.2) is 0 Å². The molecule has 0 aliphatic carbocycles. The Bertz CT molecular complexity index is 395. The number of benzene rings is 1. The maximum absolute atomic E-state index is 11.7. The van der Waals surface area contributed by atoms with Crippen molar-refractivity contribution in [1.29, 1.82) is 5.26 Å². The molecule has 16 heavy (non-hydrogen) atoms. The van der Waals surface area contributed by atoms with Crippen LogP contribution in [0.4, 0.5) is 13.2 Å². The van der Waals surface area contributed by atoms with Crippen LogP contribution in [-0.2, 0) is 4.84 Å². The maximum atomic E-state index is 11.7. The van der Waals surface area contributed by atoms with Gasteiger partial charge in [0, 0.05) is 5.56 Å². The van der Waals surface area contributed by atoms with Crippen LogP contribution in [-0.4, -0.2) is 12.4 Å². The van der Waals surface area contributed by atoms with E-state index in [1.54, 1.807) is 36.4 Å². The van der Waals surface area contributed by atoms with Gasteiger partial charge in [0.05, 0.1) is 0 Å². The van der Waals surface area contributed by atoms with E-state index in [9.17, 15) is 13.2 Å². The fourth-order valence-electron chi connectivity index (χ4n) is 0.938. The van der Waals surface area contributed by atoms with Crippen molar-refractivity contribution in [2.24, 2.45) is 5.16 Å². The molecule has 0 bridgehead atoms. The Morgan fingerprint density at radius 3 is 2.44 bits per heavy atom. The zero-order valence-corrected chi connectivity index (χ0v) is 7.98. The second-order valence-corrected chi connectivity index (χ2v) is 2.80. The topological polar surface area (TPSA) is 45.4 Å². The normalized spacial score (nSPS) is 13.4. The van der Waals surface area contributed by atoms with Crippen LogP contribution in [0, 0.1) is 11.3 Å². The van der Waals surface area contributed by atoms with Gasteiger partial charge in [0.2, 0.25) is 6.10 Å². The molecule has 1 unspecified atom stereocenters. The van der Waals surface area contributed by atoms with E-state index < -0.39 is 12.3 Å². The second-order valence-electron chi connectivity index (χ2n) is 2.80. The van der Waals surface area contributed by atoms with Gasteiger partial charge in [-0.3, -0.25) is 0 Å². The molecule has 3 nitrogen and oxygen atoms in total. The van der Waals surface area contributed by atoms with Crippen molar-refractivity contribution in [3.8, 4) is 6.07 Å². The van der Waals surface area contributed by atoms with E-state index in [-0.39, 0.29) is 6.21 Å². The van der Waals surface area contributed by atoms with Crippen LogP contribution in [0.1, 0.15) is 11.7 Å². The number of nitriles is 1. The highest BCUT2D eigenvalue weighted by atomic mass is 19.4. The molecule has 1 aromatic rings. The lowest BCUT2D eigenvalue weighted by atomic mass is 10.1. The summed E-state index contributed by atoms with van der Waals surface area (Å²) in [4.78, 5) is 4.44. The summed E-state index contributed by atoms with van der Waals surface area (Å²) in [5.41, 5.74) is 0.448. The van der Waals surface area contributed by atoms with Crippen LogP contribution >= 0.6 is 0 Å². The lowest BCUT2D eigenvalue weighted by molar-refractivity contribution is -0.0575. The summed E-state index contributed by atoms with van der Waals surface area (Å²) in [6, 6.07) is 9.85. The predicted molar refractivity (Wildman–Crippen MR) is 50.4 cm³/mol. The smallest absolute Gasteiger partial charge is 0.372 e. The van der Waals surface area contributed by atoms with Crippen LogP contribution < -0.4 is 0 Å². The third kappa shape index (κ3) is 4.00. The molecule has 0 radical (unpaired) electrons.